The average Bonchev–Trinajstić information content (AvgIpc) is 2.97. The molecule has 4 heteroatoms. The predicted molar refractivity (Wildman–Crippen MR) is 63.6 cm³/mol. The fourth-order valence-electron chi connectivity index (χ4n) is 2.78. The van der Waals surface area contributed by atoms with E-state index < -0.39 is 5.97 Å². The molecule has 0 unspecified atom stereocenters. The van der Waals surface area contributed by atoms with Gasteiger partial charge in [0.1, 0.15) is 0 Å². The maximum absolute atomic E-state index is 11.8. The Morgan fingerprint density at radius 3 is 2.29 bits per heavy atom. The van der Waals surface area contributed by atoms with Gasteiger partial charge in [-0.3, -0.25) is 9.59 Å². The summed E-state index contributed by atoms with van der Waals surface area (Å²) in [5.41, 5.74) is -0.218. The van der Waals surface area contributed by atoms with Crippen molar-refractivity contribution in [2.45, 2.75) is 63.8 Å². The van der Waals surface area contributed by atoms with Crippen LogP contribution in [0.3, 0.4) is 0 Å². The zero-order chi connectivity index (χ0) is 12.3. The van der Waals surface area contributed by atoms with Gasteiger partial charge in [0.05, 0.1) is 6.42 Å². The molecule has 0 aromatic carbocycles. The second-order valence-corrected chi connectivity index (χ2v) is 5.65. The van der Waals surface area contributed by atoms with Crippen LogP contribution in [-0.2, 0) is 9.59 Å². The van der Waals surface area contributed by atoms with Gasteiger partial charge in [0, 0.05) is 12.5 Å². The quantitative estimate of drug-likeness (QED) is 0.772. The van der Waals surface area contributed by atoms with E-state index in [1.807, 2.05) is 0 Å². The summed E-state index contributed by atoms with van der Waals surface area (Å²) in [6.07, 6.45) is 8.15. The predicted octanol–water partition coefficient (Wildman–Crippen LogP) is 2.08. The molecule has 0 aromatic rings. The minimum Gasteiger partial charge on any atom is -0.481 e. The van der Waals surface area contributed by atoms with Gasteiger partial charge in [0.15, 0.2) is 0 Å². The van der Waals surface area contributed by atoms with Crippen LogP contribution in [0.5, 0.6) is 0 Å². The molecule has 2 fully saturated rings. The Kier molecular flexibility index (Phi) is 3.69. The first-order valence-electron chi connectivity index (χ1n) is 6.61. The van der Waals surface area contributed by atoms with Crippen LogP contribution >= 0.6 is 0 Å². The van der Waals surface area contributed by atoms with Crippen LogP contribution in [0, 0.1) is 5.41 Å². The number of aliphatic carboxylic acids is 1. The molecule has 96 valence electrons. The number of carboxylic acid groups (broad SMARTS) is 1. The highest BCUT2D eigenvalue weighted by Gasteiger charge is 2.46. The van der Waals surface area contributed by atoms with E-state index in [2.05, 4.69) is 5.32 Å². The number of hydrogen-bond donors (Lipinski definition) is 2. The van der Waals surface area contributed by atoms with Crippen LogP contribution < -0.4 is 5.32 Å². The van der Waals surface area contributed by atoms with Crippen LogP contribution in [-0.4, -0.2) is 23.0 Å². The Bertz CT molecular complexity index is 304. The molecule has 0 aliphatic heterocycles. The number of nitrogens with one attached hydrogen (secondary N) is 1. The maximum atomic E-state index is 11.8. The molecule has 0 heterocycles. The van der Waals surface area contributed by atoms with E-state index in [0.29, 0.717) is 12.5 Å². The molecule has 0 atom stereocenters. The third kappa shape index (κ3) is 3.72. The molecule has 0 spiro atoms. The molecular formula is C13H21NO3. The Morgan fingerprint density at radius 1 is 1.12 bits per heavy atom. The lowest BCUT2D eigenvalue weighted by Gasteiger charge is -2.23. The normalized spacial score (nSPS) is 23.1. The molecule has 2 N–H and O–H groups in total. The van der Waals surface area contributed by atoms with Crippen molar-refractivity contribution in [1.82, 2.24) is 5.32 Å². The first kappa shape index (κ1) is 12.4. The fourth-order valence-corrected chi connectivity index (χ4v) is 2.78. The Balaban J connectivity index is 1.75. The first-order chi connectivity index (χ1) is 8.10. The van der Waals surface area contributed by atoms with E-state index in [1.165, 1.54) is 19.3 Å². The van der Waals surface area contributed by atoms with Gasteiger partial charge in [-0.05, 0) is 31.1 Å². The number of carboxylic acids is 1. The van der Waals surface area contributed by atoms with E-state index in [9.17, 15) is 9.59 Å². The monoisotopic (exact) mass is 239 g/mol. The van der Waals surface area contributed by atoms with Gasteiger partial charge in [0.25, 0.3) is 0 Å². The topological polar surface area (TPSA) is 66.4 Å². The third-order valence-corrected chi connectivity index (χ3v) is 3.99. The molecule has 0 bridgehead atoms. The van der Waals surface area contributed by atoms with Crippen molar-refractivity contribution >= 4 is 11.9 Å². The second-order valence-electron chi connectivity index (χ2n) is 5.65. The van der Waals surface area contributed by atoms with Gasteiger partial charge >= 0.3 is 5.97 Å². The molecule has 0 aromatic heterocycles. The van der Waals surface area contributed by atoms with Crippen molar-refractivity contribution in [2.24, 2.45) is 5.41 Å². The second kappa shape index (κ2) is 5.07. The van der Waals surface area contributed by atoms with Crippen molar-refractivity contribution in [3.63, 3.8) is 0 Å². The highest BCUT2D eigenvalue weighted by molar-refractivity contribution is 5.79. The maximum Gasteiger partial charge on any atom is 0.303 e. The lowest BCUT2D eigenvalue weighted by atomic mass is 9.94. The van der Waals surface area contributed by atoms with Gasteiger partial charge < -0.3 is 10.4 Å². The minimum absolute atomic E-state index is 0.0515. The highest BCUT2D eigenvalue weighted by atomic mass is 16.4. The summed E-state index contributed by atoms with van der Waals surface area (Å²) in [5, 5.41) is 11.8. The van der Waals surface area contributed by atoms with E-state index in [0.717, 1.165) is 25.7 Å². The molecule has 4 nitrogen and oxygen atoms in total. The summed E-state index contributed by atoms with van der Waals surface area (Å²) >= 11 is 0. The van der Waals surface area contributed by atoms with Crippen molar-refractivity contribution in [3.05, 3.63) is 0 Å². The van der Waals surface area contributed by atoms with Crippen molar-refractivity contribution < 1.29 is 14.7 Å². The average molecular weight is 239 g/mol. The van der Waals surface area contributed by atoms with Crippen molar-refractivity contribution in [1.29, 1.82) is 0 Å². The zero-order valence-electron chi connectivity index (χ0n) is 10.2. The summed E-state index contributed by atoms with van der Waals surface area (Å²) in [6.45, 7) is 0. The lowest BCUT2D eigenvalue weighted by molar-refractivity contribution is -0.138. The molecule has 2 aliphatic carbocycles. The standard InChI is InChI=1S/C13H21NO3/c15-11(14-10-4-2-1-3-5-10)8-13(6-7-13)9-12(16)17/h10H,1-9H2,(H,14,15)(H,16,17). The number of hydrogen-bond acceptors (Lipinski definition) is 2. The smallest absolute Gasteiger partial charge is 0.303 e. The van der Waals surface area contributed by atoms with E-state index in [1.54, 1.807) is 0 Å². The lowest BCUT2D eigenvalue weighted by Crippen LogP contribution is -2.37. The molecule has 1 amide bonds. The van der Waals surface area contributed by atoms with Crippen LogP contribution in [0.15, 0.2) is 0 Å². The molecule has 17 heavy (non-hydrogen) atoms. The van der Waals surface area contributed by atoms with E-state index >= 15 is 0 Å². The fraction of sp³-hybridized carbons (Fsp3) is 0.846. The van der Waals surface area contributed by atoms with Crippen molar-refractivity contribution in [3.8, 4) is 0 Å². The Hall–Kier alpha value is -1.06. The Labute approximate surface area is 102 Å². The number of carbonyl (C=O) groups is 2. The minimum atomic E-state index is -0.784. The van der Waals surface area contributed by atoms with Crippen LogP contribution in [0.2, 0.25) is 0 Å². The van der Waals surface area contributed by atoms with Crippen molar-refractivity contribution in [2.75, 3.05) is 0 Å². The van der Waals surface area contributed by atoms with E-state index in [-0.39, 0.29) is 17.7 Å². The molecule has 2 saturated carbocycles. The molecule has 0 saturated heterocycles. The number of carbonyl (C=O) groups excluding carboxylic acids is 1. The van der Waals surface area contributed by atoms with Gasteiger partial charge in [0.2, 0.25) is 5.91 Å². The van der Waals surface area contributed by atoms with Crippen LogP contribution in [0.4, 0.5) is 0 Å². The number of rotatable bonds is 5. The first-order valence-corrected chi connectivity index (χ1v) is 6.61. The summed E-state index contributed by atoms with van der Waals surface area (Å²) in [7, 11) is 0. The molecule has 2 rings (SSSR count). The van der Waals surface area contributed by atoms with Crippen LogP contribution in [0.25, 0.3) is 0 Å². The summed E-state index contributed by atoms with van der Waals surface area (Å²) in [6, 6.07) is 0.330. The van der Waals surface area contributed by atoms with Gasteiger partial charge in [-0.2, -0.15) is 0 Å². The largest absolute Gasteiger partial charge is 0.481 e. The number of amides is 1. The summed E-state index contributed by atoms with van der Waals surface area (Å²) in [5.74, 6) is -0.733. The SMILES string of the molecule is O=C(O)CC1(CC(=O)NC2CCCCC2)CC1. The van der Waals surface area contributed by atoms with Gasteiger partial charge in [-0.25, -0.2) is 0 Å². The molecular weight excluding hydrogens is 218 g/mol. The third-order valence-electron chi connectivity index (χ3n) is 3.99. The van der Waals surface area contributed by atoms with Gasteiger partial charge in [-0.15, -0.1) is 0 Å². The van der Waals surface area contributed by atoms with E-state index in [4.69, 9.17) is 5.11 Å². The summed E-state index contributed by atoms with van der Waals surface area (Å²) in [4.78, 5) is 22.5. The molecule has 2 aliphatic rings. The molecule has 0 radical (unpaired) electrons. The zero-order valence-corrected chi connectivity index (χ0v) is 10.2. The summed E-state index contributed by atoms with van der Waals surface area (Å²) < 4.78 is 0. The van der Waals surface area contributed by atoms with Crippen LogP contribution in [0.1, 0.15) is 57.8 Å². The van der Waals surface area contributed by atoms with Gasteiger partial charge in [-0.1, -0.05) is 19.3 Å². The Morgan fingerprint density at radius 2 is 1.76 bits per heavy atom. The highest BCUT2D eigenvalue weighted by Crippen LogP contribution is 2.51.